The van der Waals surface area contributed by atoms with Crippen molar-refractivity contribution in [2.24, 2.45) is 0 Å². The largest absolute Gasteiger partial charge is 0.456 e. The number of hydrogen-bond donors (Lipinski definition) is 0. The summed E-state index contributed by atoms with van der Waals surface area (Å²) in [6, 6.07) is 74.6. The number of fused-ring (bicyclic) bond motifs is 9. The van der Waals surface area contributed by atoms with Crippen LogP contribution in [0.25, 0.3) is 122 Å². The Bertz CT molecular complexity index is 3790. The molecule has 0 unspecified atom stereocenters. The number of furan rings is 1. The normalized spacial score (nSPS) is 11.8. The van der Waals surface area contributed by atoms with Gasteiger partial charge in [0.2, 0.25) is 0 Å². The van der Waals surface area contributed by atoms with Gasteiger partial charge in [-0.05, 0) is 77.9 Å². The highest BCUT2D eigenvalue weighted by molar-refractivity contribution is 6.15. The van der Waals surface area contributed by atoms with Gasteiger partial charge in [0.1, 0.15) is 11.2 Å². The first-order valence-corrected chi connectivity index (χ1v) is 21.2. The van der Waals surface area contributed by atoms with Crippen LogP contribution in [0.5, 0.6) is 0 Å². The van der Waals surface area contributed by atoms with Gasteiger partial charge >= 0.3 is 0 Å². The van der Waals surface area contributed by atoms with E-state index >= 15 is 0 Å². The Morgan fingerprint density at radius 3 is 1.52 bits per heavy atom. The van der Waals surface area contributed by atoms with E-state index in [2.05, 4.69) is 149 Å². The summed E-state index contributed by atoms with van der Waals surface area (Å²) >= 11 is 0. The molecule has 0 radical (unpaired) electrons. The van der Waals surface area contributed by atoms with Gasteiger partial charge in [-0.25, -0.2) is 15.0 Å². The summed E-state index contributed by atoms with van der Waals surface area (Å²) in [4.78, 5) is 15.1. The number of aromatic nitrogens is 5. The fourth-order valence-electron chi connectivity index (χ4n) is 9.51. The van der Waals surface area contributed by atoms with Crippen LogP contribution < -0.4 is 0 Å². The number of benzene rings is 9. The van der Waals surface area contributed by atoms with Gasteiger partial charge in [-0.15, -0.1) is 0 Å². The molecule has 0 aliphatic carbocycles. The summed E-state index contributed by atoms with van der Waals surface area (Å²) in [5.74, 6) is 1.84. The summed E-state index contributed by atoms with van der Waals surface area (Å²) in [6.07, 6.45) is 0. The summed E-state index contributed by atoms with van der Waals surface area (Å²) < 4.78 is 11.3. The molecule has 0 saturated heterocycles. The molecule has 0 atom stereocenters. The summed E-state index contributed by atoms with van der Waals surface area (Å²) in [7, 11) is 0. The lowest BCUT2D eigenvalue weighted by molar-refractivity contribution is 0.669. The molecule has 0 aliphatic rings. The second kappa shape index (κ2) is 14.0. The minimum absolute atomic E-state index is 0.594. The maximum atomic E-state index is 6.53. The fourth-order valence-corrected chi connectivity index (χ4v) is 9.51. The van der Waals surface area contributed by atoms with Crippen LogP contribution in [0, 0.1) is 0 Å². The summed E-state index contributed by atoms with van der Waals surface area (Å²) in [5, 5.41) is 6.85. The molecule has 0 fully saturated rings. The molecule has 0 saturated carbocycles. The van der Waals surface area contributed by atoms with Crippen LogP contribution in [-0.2, 0) is 0 Å². The Morgan fingerprint density at radius 2 is 0.841 bits per heavy atom. The highest BCUT2D eigenvalue weighted by Crippen LogP contribution is 2.41. The van der Waals surface area contributed by atoms with Crippen molar-refractivity contribution < 1.29 is 4.42 Å². The van der Waals surface area contributed by atoms with Crippen molar-refractivity contribution in [3.8, 4) is 56.7 Å². The first-order chi connectivity index (χ1) is 31.2. The molecular weight excluding hydrogens is 771 g/mol. The first-order valence-electron chi connectivity index (χ1n) is 21.2. The van der Waals surface area contributed by atoms with Gasteiger partial charge in [-0.3, -0.25) is 0 Å². The van der Waals surface area contributed by atoms with Gasteiger partial charge in [-0.2, -0.15) is 0 Å². The zero-order valence-corrected chi connectivity index (χ0v) is 33.9. The standard InChI is InChI=1S/C57H35N5O/c1-4-15-36(16-5-1)55-58-56(37-17-6-2-7-18-37)60-57(59-55)45-23-14-26-53-54(45)47-34-39(28-32-52(47)63-53)38-27-31-50-46(33-38)44-30-29-41(35-51(44)61(50)40-19-8-3-9-20-40)62-48-24-12-10-21-42(48)43-22-11-13-25-49(43)62/h1-35H. The van der Waals surface area contributed by atoms with Crippen LogP contribution in [0.15, 0.2) is 217 Å². The molecule has 0 bridgehead atoms. The van der Waals surface area contributed by atoms with Crippen molar-refractivity contribution in [2.75, 3.05) is 0 Å². The van der Waals surface area contributed by atoms with E-state index in [0.29, 0.717) is 17.5 Å². The zero-order valence-electron chi connectivity index (χ0n) is 33.9. The van der Waals surface area contributed by atoms with Gasteiger partial charge in [0.25, 0.3) is 0 Å². The van der Waals surface area contributed by atoms with Crippen LogP contribution >= 0.6 is 0 Å². The lowest BCUT2D eigenvalue weighted by atomic mass is 9.99. The summed E-state index contributed by atoms with van der Waals surface area (Å²) in [5.41, 5.74) is 13.5. The molecule has 0 spiro atoms. The smallest absolute Gasteiger partial charge is 0.164 e. The first kappa shape index (κ1) is 35.2. The molecule has 0 amide bonds. The fraction of sp³-hybridized carbons (Fsp3) is 0. The van der Waals surface area contributed by atoms with Crippen molar-refractivity contribution in [3.05, 3.63) is 212 Å². The number of rotatable bonds is 6. The third-order valence-electron chi connectivity index (χ3n) is 12.4. The molecule has 9 aromatic carbocycles. The molecular formula is C57H35N5O. The highest BCUT2D eigenvalue weighted by Gasteiger charge is 2.20. The molecule has 294 valence electrons. The second-order valence-electron chi connectivity index (χ2n) is 16.0. The van der Waals surface area contributed by atoms with Crippen LogP contribution in [0.4, 0.5) is 0 Å². The molecule has 13 rings (SSSR count). The van der Waals surface area contributed by atoms with Crippen LogP contribution in [0.1, 0.15) is 0 Å². The quantitative estimate of drug-likeness (QED) is 0.168. The molecule has 4 heterocycles. The minimum atomic E-state index is 0.594. The molecule has 13 aromatic rings. The van der Waals surface area contributed by atoms with E-state index in [0.717, 1.165) is 72.2 Å². The monoisotopic (exact) mass is 805 g/mol. The number of nitrogens with zero attached hydrogens (tertiary/aromatic N) is 5. The summed E-state index contributed by atoms with van der Waals surface area (Å²) in [6.45, 7) is 0. The zero-order chi connectivity index (χ0) is 41.4. The number of hydrogen-bond acceptors (Lipinski definition) is 4. The van der Waals surface area contributed by atoms with Crippen molar-refractivity contribution in [1.82, 2.24) is 24.1 Å². The van der Waals surface area contributed by atoms with Gasteiger partial charge in [0, 0.05) is 60.4 Å². The van der Waals surface area contributed by atoms with Crippen molar-refractivity contribution in [1.29, 1.82) is 0 Å². The lowest BCUT2D eigenvalue weighted by Crippen LogP contribution is -2.00. The van der Waals surface area contributed by atoms with Crippen LogP contribution in [0.3, 0.4) is 0 Å². The lowest BCUT2D eigenvalue weighted by Gasteiger charge is -2.11. The van der Waals surface area contributed by atoms with E-state index in [9.17, 15) is 0 Å². The Morgan fingerprint density at radius 1 is 0.302 bits per heavy atom. The Balaban J connectivity index is 0.990. The third kappa shape index (κ3) is 5.62. The average Bonchev–Trinajstić information content (AvgIpc) is 4.01. The van der Waals surface area contributed by atoms with Crippen molar-refractivity contribution in [2.45, 2.75) is 0 Å². The van der Waals surface area contributed by atoms with Crippen LogP contribution in [0.2, 0.25) is 0 Å². The minimum Gasteiger partial charge on any atom is -0.456 e. The molecule has 63 heavy (non-hydrogen) atoms. The SMILES string of the molecule is c1ccc(-c2nc(-c3ccccc3)nc(-c3cccc4oc5ccc(-c6ccc7c(c6)c6ccc(-n8c9ccccc9c9ccccc98)cc6n7-c6ccccc6)cc5c34)n2)cc1. The molecule has 0 aliphatic heterocycles. The predicted octanol–water partition coefficient (Wildman–Crippen LogP) is 14.6. The average molecular weight is 806 g/mol. The van der Waals surface area contributed by atoms with E-state index in [1.54, 1.807) is 0 Å². The van der Waals surface area contributed by atoms with Crippen molar-refractivity contribution >= 4 is 65.6 Å². The van der Waals surface area contributed by atoms with E-state index in [4.69, 9.17) is 19.4 Å². The van der Waals surface area contributed by atoms with Gasteiger partial charge in [0.05, 0.1) is 22.1 Å². The van der Waals surface area contributed by atoms with Crippen molar-refractivity contribution in [3.63, 3.8) is 0 Å². The van der Waals surface area contributed by atoms with Crippen LogP contribution in [-0.4, -0.2) is 24.1 Å². The molecule has 6 nitrogen and oxygen atoms in total. The van der Waals surface area contributed by atoms with Gasteiger partial charge < -0.3 is 13.6 Å². The molecule has 6 heteroatoms. The number of para-hydroxylation sites is 3. The van der Waals surface area contributed by atoms with E-state index in [1.165, 1.54) is 32.6 Å². The van der Waals surface area contributed by atoms with Gasteiger partial charge in [-0.1, -0.05) is 146 Å². The molecule has 0 N–H and O–H groups in total. The Kier molecular flexibility index (Phi) is 7.80. The Hall–Kier alpha value is -8.61. The maximum Gasteiger partial charge on any atom is 0.164 e. The highest BCUT2D eigenvalue weighted by atomic mass is 16.3. The predicted molar refractivity (Wildman–Crippen MR) is 258 cm³/mol. The van der Waals surface area contributed by atoms with E-state index in [-0.39, 0.29) is 0 Å². The van der Waals surface area contributed by atoms with E-state index < -0.39 is 0 Å². The molecule has 4 aromatic heterocycles. The van der Waals surface area contributed by atoms with Gasteiger partial charge in [0.15, 0.2) is 17.5 Å². The maximum absolute atomic E-state index is 6.53. The Labute approximate surface area is 361 Å². The third-order valence-corrected chi connectivity index (χ3v) is 12.4. The second-order valence-corrected chi connectivity index (χ2v) is 16.0. The van der Waals surface area contributed by atoms with E-state index in [1.807, 2.05) is 72.8 Å². The topological polar surface area (TPSA) is 61.7 Å².